The van der Waals surface area contributed by atoms with Crippen LogP contribution < -0.4 is 0 Å². The summed E-state index contributed by atoms with van der Waals surface area (Å²) in [7, 11) is 1.47. The Hall–Kier alpha value is -0.960. The first-order valence-electron chi connectivity index (χ1n) is 3.03. The van der Waals surface area contributed by atoms with Gasteiger partial charge in [0.15, 0.2) is 0 Å². The highest BCUT2D eigenvalue weighted by Gasteiger charge is 2.15. The number of nitrogens with zero attached hydrogens (tertiary/aromatic N) is 1. The van der Waals surface area contributed by atoms with E-state index in [1.54, 1.807) is 6.08 Å². The summed E-state index contributed by atoms with van der Waals surface area (Å²) < 4.78 is 4.79. The summed E-state index contributed by atoms with van der Waals surface area (Å²) in [6, 6.07) is 0. The topological polar surface area (TPSA) is 38.7 Å². The molecule has 0 saturated heterocycles. The minimum absolute atomic E-state index is 0.0897. The number of hydrogen-bond acceptors (Lipinski definition) is 3. The fraction of sp³-hybridized carbons (Fsp3) is 0.429. The van der Waals surface area contributed by atoms with Crippen molar-refractivity contribution in [3.63, 3.8) is 0 Å². The van der Waals surface area contributed by atoms with Gasteiger partial charge in [-0.15, -0.1) is 0 Å². The van der Waals surface area contributed by atoms with Gasteiger partial charge in [-0.25, -0.2) is 0 Å². The molecule has 0 fully saturated rings. The van der Waals surface area contributed by atoms with E-state index < -0.39 is 6.23 Å². The lowest BCUT2D eigenvalue weighted by molar-refractivity contribution is -0.123. The van der Waals surface area contributed by atoms with Gasteiger partial charge in [-0.05, 0) is 19.1 Å². The average molecular weight is 139 g/mol. The maximum Gasteiger partial charge on any atom is 0.211 e. The summed E-state index contributed by atoms with van der Waals surface area (Å²) in [4.78, 5) is 14.8. The molecule has 0 aromatic rings. The van der Waals surface area contributed by atoms with Crippen LogP contribution in [0.2, 0.25) is 0 Å². The summed E-state index contributed by atoms with van der Waals surface area (Å²) in [5, 5.41) is 0. The summed E-state index contributed by atoms with van der Waals surface area (Å²) in [6.45, 7) is 1.83. The molecule has 0 amide bonds. The largest absolute Gasteiger partial charge is 0.353 e. The molecular weight excluding hydrogens is 130 g/mol. The number of ketones is 1. The molecule has 10 heavy (non-hydrogen) atoms. The lowest BCUT2D eigenvalue weighted by atomic mass is 10.2. The SMILES string of the molecule is COC1N=C(C)C=CC1=O. The van der Waals surface area contributed by atoms with Gasteiger partial charge in [0.1, 0.15) is 0 Å². The summed E-state index contributed by atoms with van der Waals surface area (Å²) in [5.41, 5.74) is 0.825. The number of rotatable bonds is 1. The number of allylic oxidation sites excluding steroid dienone is 1. The molecule has 3 nitrogen and oxygen atoms in total. The third kappa shape index (κ3) is 1.30. The van der Waals surface area contributed by atoms with Crippen molar-refractivity contribution in [3.8, 4) is 0 Å². The van der Waals surface area contributed by atoms with Crippen LogP contribution in [0.5, 0.6) is 0 Å². The van der Waals surface area contributed by atoms with E-state index in [0.717, 1.165) is 5.71 Å². The maximum atomic E-state index is 10.9. The van der Waals surface area contributed by atoms with Crippen molar-refractivity contribution < 1.29 is 9.53 Å². The molecule has 0 saturated carbocycles. The van der Waals surface area contributed by atoms with E-state index in [9.17, 15) is 4.79 Å². The van der Waals surface area contributed by atoms with Gasteiger partial charge in [0.2, 0.25) is 12.0 Å². The van der Waals surface area contributed by atoms with Gasteiger partial charge in [0, 0.05) is 12.8 Å². The van der Waals surface area contributed by atoms with Crippen LogP contribution in [-0.2, 0) is 9.53 Å². The van der Waals surface area contributed by atoms with Crippen LogP contribution in [-0.4, -0.2) is 24.8 Å². The highest BCUT2D eigenvalue weighted by atomic mass is 16.5. The van der Waals surface area contributed by atoms with Crippen molar-refractivity contribution in [1.29, 1.82) is 0 Å². The zero-order valence-corrected chi connectivity index (χ0v) is 6.00. The highest BCUT2D eigenvalue weighted by molar-refractivity contribution is 6.06. The van der Waals surface area contributed by atoms with Crippen molar-refractivity contribution >= 4 is 11.5 Å². The molecule has 1 atom stereocenters. The molecule has 0 aliphatic carbocycles. The molecule has 0 radical (unpaired) electrons. The molecule has 3 heteroatoms. The van der Waals surface area contributed by atoms with Crippen molar-refractivity contribution in [1.82, 2.24) is 0 Å². The van der Waals surface area contributed by atoms with Crippen LogP contribution in [0.25, 0.3) is 0 Å². The van der Waals surface area contributed by atoms with Crippen LogP contribution in [0.15, 0.2) is 17.1 Å². The Balaban J connectivity index is 2.76. The third-order valence-electron chi connectivity index (χ3n) is 1.28. The number of aliphatic imine (C=N–C) groups is 1. The molecule has 1 rings (SSSR count). The molecule has 54 valence electrons. The minimum atomic E-state index is -0.606. The number of methoxy groups -OCH3 is 1. The van der Waals surface area contributed by atoms with Gasteiger partial charge in [-0.2, -0.15) is 0 Å². The summed E-state index contributed by atoms with van der Waals surface area (Å²) in [6.07, 6.45) is 2.55. The second-order valence-electron chi connectivity index (χ2n) is 2.09. The quantitative estimate of drug-likeness (QED) is 0.532. The van der Waals surface area contributed by atoms with Crippen molar-refractivity contribution in [2.75, 3.05) is 7.11 Å². The molecule has 1 unspecified atom stereocenters. The fourth-order valence-corrected chi connectivity index (χ4v) is 0.746. The standard InChI is InChI=1S/C7H9NO2/c1-5-3-4-6(9)7(8-5)10-2/h3-4,7H,1-2H3. The first-order chi connectivity index (χ1) is 4.74. The Bertz CT molecular complexity index is 206. The second-order valence-corrected chi connectivity index (χ2v) is 2.09. The lowest BCUT2D eigenvalue weighted by Gasteiger charge is -2.10. The molecule has 0 spiro atoms. The maximum absolute atomic E-state index is 10.9. The van der Waals surface area contributed by atoms with Gasteiger partial charge >= 0.3 is 0 Å². The van der Waals surface area contributed by atoms with Gasteiger partial charge in [-0.3, -0.25) is 9.79 Å². The Morgan fingerprint density at radius 3 is 2.80 bits per heavy atom. The predicted octanol–water partition coefficient (Wildman–Crippen LogP) is 0.559. The monoisotopic (exact) mass is 139 g/mol. The van der Waals surface area contributed by atoms with Gasteiger partial charge in [-0.1, -0.05) is 0 Å². The minimum Gasteiger partial charge on any atom is -0.353 e. The molecule has 0 N–H and O–H groups in total. The first-order valence-corrected chi connectivity index (χ1v) is 3.03. The van der Waals surface area contributed by atoms with E-state index in [1.165, 1.54) is 13.2 Å². The van der Waals surface area contributed by atoms with E-state index >= 15 is 0 Å². The average Bonchev–Trinajstić information content (AvgIpc) is 1.94. The number of ether oxygens (including phenoxy) is 1. The zero-order valence-electron chi connectivity index (χ0n) is 6.00. The lowest BCUT2D eigenvalue weighted by Crippen LogP contribution is -2.22. The van der Waals surface area contributed by atoms with E-state index in [2.05, 4.69) is 4.99 Å². The number of dihydropyridines is 1. The Labute approximate surface area is 59.4 Å². The Kier molecular flexibility index (Phi) is 1.97. The molecule has 0 aromatic heterocycles. The van der Waals surface area contributed by atoms with Gasteiger partial charge in [0.25, 0.3) is 0 Å². The molecule has 1 aliphatic rings. The number of hydrogen-bond donors (Lipinski definition) is 0. The van der Waals surface area contributed by atoms with E-state index in [0.29, 0.717) is 0 Å². The predicted molar refractivity (Wildman–Crippen MR) is 38.1 cm³/mol. The zero-order chi connectivity index (χ0) is 7.56. The molecule has 0 bridgehead atoms. The molecule has 1 heterocycles. The van der Waals surface area contributed by atoms with E-state index in [-0.39, 0.29) is 5.78 Å². The van der Waals surface area contributed by atoms with Crippen molar-refractivity contribution in [2.45, 2.75) is 13.2 Å². The Morgan fingerprint density at radius 1 is 1.60 bits per heavy atom. The van der Waals surface area contributed by atoms with Gasteiger partial charge in [0.05, 0.1) is 0 Å². The number of carbonyl (C=O) groups excluding carboxylic acids is 1. The normalized spacial score (nSPS) is 24.8. The first kappa shape index (κ1) is 7.15. The molecule has 1 aliphatic heterocycles. The van der Waals surface area contributed by atoms with Gasteiger partial charge < -0.3 is 4.74 Å². The fourth-order valence-electron chi connectivity index (χ4n) is 0.746. The van der Waals surface area contributed by atoms with Crippen molar-refractivity contribution in [2.24, 2.45) is 4.99 Å². The van der Waals surface area contributed by atoms with Crippen LogP contribution in [0.1, 0.15) is 6.92 Å². The highest BCUT2D eigenvalue weighted by Crippen LogP contribution is 2.02. The summed E-state index contributed by atoms with van der Waals surface area (Å²) >= 11 is 0. The van der Waals surface area contributed by atoms with Crippen LogP contribution in [0.4, 0.5) is 0 Å². The third-order valence-corrected chi connectivity index (χ3v) is 1.28. The number of carbonyl (C=O) groups is 1. The smallest absolute Gasteiger partial charge is 0.211 e. The Morgan fingerprint density at radius 2 is 2.30 bits per heavy atom. The second kappa shape index (κ2) is 2.75. The van der Waals surface area contributed by atoms with Crippen LogP contribution >= 0.6 is 0 Å². The van der Waals surface area contributed by atoms with E-state index in [4.69, 9.17) is 4.74 Å². The van der Waals surface area contributed by atoms with Crippen molar-refractivity contribution in [3.05, 3.63) is 12.2 Å². The van der Waals surface area contributed by atoms with E-state index in [1.807, 2.05) is 6.92 Å². The molecular formula is C7H9NO2. The summed E-state index contributed by atoms with van der Waals surface area (Å²) in [5.74, 6) is -0.0897. The molecule has 0 aromatic carbocycles. The van der Waals surface area contributed by atoms with Crippen LogP contribution in [0.3, 0.4) is 0 Å². The van der Waals surface area contributed by atoms with Crippen LogP contribution in [0, 0.1) is 0 Å².